The molecule has 1 aromatic carbocycles. The Morgan fingerprint density at radius 1 is 1.33 bits per heavy atom. The van der Waals surface area contributed by atoms with Crippen molar-refractivity contribution < 1.29 is 4.42 Å². The fourth-order valence-corrected chi connectivity index (χ4v) is 1.62. The first-order chi connectivity index (χ1) is 8.69. The molecule has 2 rings (SSSR count). The van der Waals surface area contributed by atoms with Crippen molar-refractivity contribution in [2.75, 3.05) is 11.9 Å². The molecule has 6 heteroatoms. The van der Waals surface area contributed by atoms with Gasteiger partial charge in [-0.1, -0.05) is 29.7 Å². The van der Waals surface area contributed by atoms with Gasteiger partial charge in [0.25, 0.3) is 0 Å². The predicted molar refractivity (Wildman–Crippen MR) is 71.2 cm³/mol. The third-order valence-corrected chi connectivity index (χ3v) is 2.69. The first kappa shape index (κ1) is 12.9. The van der Waals surface area contributed by atoms with Crippen LogP contribution in [0.2, 0.25) is 5.02 Å². The molecule has 0 unspecified atom stereocenters. The summed E-state index contributed by atoms with van der Waals surface area (Å²) in [5.74, 6) is 0.545. The van der Waals surface area contributed by atoms with Gasteiger partial charge in [0, 0.05) is 0 Å². The molecule has 0 amide bonds. The largest absolute Gasteiger partial charge is 0.406 e. The molecular formula is C12H15ClN4O. The summed E-state index contributed by atoms with van der Waals surface area (Å²) in [5, 5.41) is 14.6. The van der Waals surface area contributed by atoms with Crippen molar-refractivity contribution in [1.29, 1.82) is 0 Å². The lowest BCUT2D eigenvalue weighted by Crippen LogP contribution is -2.11. The van der Waals surface area contributed by atoms with Crippen molar-refractivity contribution in [3.05, 3.63) is 34.7 Å². The van der Waals surface area contributed by atoms with E-state index in [0.717, 1.165) is 17.8 Å². The van der Waals surface area contributed by atoms with Gasteiger partial charge in [-0.2, -0.15) is 0 Å². The molecule has 2 aromatic rings. The van der Waals surface area contributed by atoms with Crippen LogP contribution < -0.4 is 10.6 Å². The fraction of sp³-hybridized carbons (Fsp3) is 0.333. The zero-order valence-electron chi connectivity index (χ0n) is 10.3. The number of hydrogen-bond acceptors (Lipinski definition) is 5. The highest BCUT2D eigenvalue weighted by molar-refractivity contribution is 6.33. The van der Waals surface area contributed by atoms with Crippen LogP contribution in [0.4, 0.5) is 11.7 Å². The van der Waals surface area contributed by atoms with Crippen LogP contribution in [0.5, 0.6) is 0 Å². The molecule has 0 atom stereocenters. The number of hydrogen-bond donors (Lipinski definition) is 2. The van der Waals surface area contributed by atoms with E-state index in [1.165, 1.54) is 0 Å². The van der Waals surface area contributed by atoms with E-state index in [4.69, 9.17) is 16.0 Å². The van der Waals surface area contributed by atoms with E-state index in [2.05, 4.69) is 20.8 Å². The number of nitrogens with zero attached hydrogens (tertiary/aromatic N) is 2. The lowest BCUT2D eigenvalue weighted by Gasteiger charge is -2.04. The minimum Gasteiger partial charge on any atom is -0.406 e. The van der Waals surface area contributed by atoms with Crippen LogP contribution in [0, 0.1) is 6.92 Å². The standard InChI is InChI=1S/C12H15ClN4O/c1-3-14-7-11-16-17-12(18-11)15-10-6-8(2)4-5-9(10)13/h4-6,14H,3,7H2,1-2H3,(H,15,17). The van der Waals surface area contributed by atoms with Crippen LogP contribution in [-0.2, 0) is 6.54 Å². The van der Waals surface area contributed by atoms with Crippen molar-refractivity contribution in [2.24, 2.45) is 0 Å². The summed E-state index contributed by atoms with van der Waals surface area (Å²) in [5.41, 5.74) is 1.87. The third-order valence-electron chi connectivity index (χ3n) is 2.36. The average molecular weight is 267 g/mol. The molecule has 0 radical (unpaired) electrons. The zero-order chi connectivity index (χ0) is 13.0. The maximum absolute atomic E-state index is 6.07. The molecule has 0 saturated carbocycles. The Morgan fingerprint density at radius 3 is 2.94 bits per heavy atom. The first-order valence-electron chi connectivity index (χ1n) is 5.75. The number of aromatic nitrogens is 2. The molecule has 0 saturated heterocycles. The van der Waals surface area contributed by atoms with Gasteiger partial charge in [0.1, 0.15) is 0 Å². The Balaban J connectivity index is 2.08. The van der Waals surface area contributed by atoms with E-state index in [-0.39, 0.29) is 0 Å². The number of aryl methyl sites for hydroxylation is 1. The van der Waals surface area contributed by atoms with Crippen LogP contribution in [0.25, 0.3) is 0 Å². The van der Waals surface area contributed by atoms with Crippen molar-refractivity contribution in [1.82, 2.24) is 15.5 Å². The van der Waals surface area contributed by atoms with Gasteiger partial charge in [0.05, 0.1) is 17.3 Å². The van der Waals surface area contributed by atoms with Gasteiger partial charge < -0.3 is 15.1 Å². The number of anilines is 2. The maximum atomic E-state index is 6.07. The Labute approximate surface area is 111 Å². The molecule has 0 bridgehead atoms. The van der Waals surface area contributed by atoms with Crippen LogP contribution >= 0.6 is 11.6 Å². The number of rotatable bonds is 5. The van der Waals surface area contributed by atoms with Gasteiger partial charge in [-0.3, -0.25) is 0 Å². The van der Waals surface area contributed by atoms with E-state index in [1.807, 2.05) is 32.0 Å². The van der Waals surface area contributed by atoms with Gasteiger partial charge in [-0.25, -0.2) is 0 Å². The summed E-state index contributed by atoms with van der Waals surface area (Å²) < 4.78 is 5.43. The Hall–Kier alpha value is -1.59. The van der Waals surface area contributed by atoms with Gasteiger partial charge in [-0.15, -0.1) is 5.10 Å². The quantitative estimate of drug-likeness (QED) is 0.871. The highest BCUT2D eigenvalue weighted by Crippen LogP contribution is 2.25. The van der Waals surface area contributed by atoms with Crippen LogP contribution in [0.15, 0.2) is 22.6 Å². The van der Waals surface area contributed by atoms with Gasteiger partial charge in [0.15, 0.2) is 0 Å². The van der Waals surface area contributed by atoms with E-state index in [0.29, 0.717) is 23.5 Å². The topological polar surface area (TPSA) is 63.0 Å². The van der Waals surface area contributed by atoms with Gasteiger partial charge in [-0.05, 0) is 31.2 Å². The smallest absolute Gasteiger partial charge is 0.320 e. The Bertz CT molecular complexity index is 527. The van der Waals surface area contributed by atoms with E-state index < -0.39 is 0 Å². The predicted octanol–water partition coefficient (Wildman–Crippen LogP) is 2.88. The molecule has 2 N–H and O–H groups in total. The summed E-state index contributed by atoms with van der Waals surface area (Å²) in [6.07, 6.45) is 0. The van der Waals surface area contributed by atoms with Crippen molar-refractivity contribution >= 4 is 23.3 Å². The second-order valence-electron chi connectivity index (χ2n) is 3.89. The normalized spacial score (nSPS) is 10.6. The summed E-state index contributed by atoms with van der Waals surface area (Å²) in [7, 11) is 0. The summed E-state index contributed by atoms with van der Waals surface area (Å²) in [4.78, 5) is 0. The third kappa shape index (κ3) is 3.21. The highest BCUT2D eigenvalue weighted by atomic mass is 35.5. The molecule has 0 aliphatic carbocycles. The van der Waals surface area contributed by atoms with Crippen LogP contribution in [0.1, 0.15) is 18.4 Å². The second-order valence-corrected chi connectivity index (χ2v) is 4.30. The molecule has 0 spiro atoms. The lowest BCUT2D eigenvalue weighted by atomic mass is 10.2. The molecule has 5 nitrogen and oxygen atoms in total. The summed E-state index contributed by atoms with van der Waals surface area (Å²) in [6, 6.07) is 6.04. The second kappa shape index (κ2) is 5.84. The van der Waals surface area contributed by atoms with E-state index in [1.54, 1.807) is 0 Å². The minimum atomic E-state index is 0.343. The van der Waals surface area contributed by atoms with Crippen molar-refractivity contribution in [2.45, 2.75) is 20.4 Å². The SMILES string of the molecule is CCNCc1nnc(Nc2cc(C)ccc2Cl)o1. The van der Waals surface area contributed by atoms with Crippen molar-refractivity contribution in [3.63, 3.8) is 0 Å². The molecule has 0 aliphatic rings. The van der Waals surface area contributed by atoms with Gasteiger partial charge in [0.2, 0.25) is 5.89 Å². The Morgan fingerprint density at radius 2 is 2.17 bits per heavy atom. The maximum Gasteiger partial charge on any atom is 0.320 e. The minimum absolute atomic E-state index is 0.343. The molecule has 96 valence electrons. The highest BCUT2D eigenvalue weighted by Gasteiger charge is 2.07. The Kier molecular flexibility index (Phi) is 4.17. The van der Waals surface area contributed by atoms with Gasteiger partial charge >= 0.3 is 6.01 Å². The summed E-state index contributed by atoms with van der Waals surface area (Å²) in [6.45, 7) is 5.43. The monoisotopic (exact) mass is 266 g/mol. The summed E-state index contributed by atoms with van der Waals surface area (Å²) >= 11 is 6.07. The molecule has 1 heterocycles. The average Bonchev–Trinajstić information content (AvgIpc) is 2.79. The first-order valence-corrected chi connectivity index (χ1v) is 6.13. The number of nitrogens with one attached hydrogen (secondary N) is 2. The van der Waals surface area contributed by atoms with Crippen molar-refractivity contribution in [3.8, 4) is 0 Å². The van der Waals surface area contributed by atoms with Crippen LogP contribution in [-0.4, -0.2) is 16.7 Å². The molecule has 1 aromatic heterocycles. The molecular weight excluding hydrogens is 252 g/mol. The molecule has 18 heavy (non-hydrogen) atoms. The molecule has 0 fully saturated rings. The van der Waals surface area contributed by atoms with E-state index >= 15 is 0 Å². The molecule has 0 aliphatic heterocycles. The zero-order valence-corrected chi connectivity index (χ0v) is 11.1. The number of halogens is 1. The van der Waals surface area contributed by atoms with E-state index in [9.17, 15) is 0 Å². The fourth-order valence-electron chi connectivity index (χ4n) is 1.46. The van der Waals surface area contributed by atoms with Crippen LogP contribution in [0.3, 0.4) is 0 Å². The number of benzene rings is 1. The lowest BCUT2D eigenvalue weighted by molar-refractivity contribution is 0.484.